The minimum absolute atomic E-state index is 0.163. The Kier molecular flexibility index (Phi) is 6.32. The van der Waals surface area contributed by atoms with Crippen LogP contribution in [-0.2, 0) is 4.79 Å². The van der Waals surface area contributed by atoms with Crippen LogP contribution in [0.15, 0.2) is 59.8 Å². The van der Waals surface area contributed by atoms with Gasteiger partial charge in [0.25, 0.3) is 0 Å². The number of ether oxygens (including phenoxy) is 1. The van der Waals surface area contributed by atoms with Crippen LogP contribution in [0.4, 0.5) is 5.69 Å². The van der Waals surface area contributed by atoms with Gasteiger partial charge in [-0.05, 0) is 49.4 Å². The highest BCUT2D eigenvalue weighted by molar-refractivity contribution is 7.99. The molecule has 0 spiro atoms. The van der Waals surface area contributed by atoms with Crippen LogP contribution in [0, 0.1) is 6.92 Å². The predicted octanol–water partition coefficient (Wildman–Crippen LogP) is 4.84. The first-order valence-electron chi connectivity index (χ1n) is 8.22. The predicted molar refractivity (Wildman–Crippen MR) is 110 cm³/mol. The third-order valence-electron chi connectivity index (χ3n) is 3.70. The Labute approximate surface area is 167 Å². The first kappa shape index (κ1) is 19.2. The maximum atomic E-state index is 12.2. The van der Waals surface area contributed by atoms with Crippen molar-refractivity contribution < 1.29 is 9.53 Å². The molecular formula is C20H18ClN3O2S. The van der Waals surface area contributed by atoms with Crippen molar-refractivity contribution >= 4 is 35.0 Å². The van der Waals surface area contributed by atoms with E-state index in [1.54, 1.807) is 19.2 Å². The van der Waals surface area contributed by atoms with Gasteiger partial charge in [-0.15, -0.1) is 0 Å². The van der Waals surface area contributed by atoms with E-state index in [2.05, 4.69) is 15.3 Å². The van der Waals surface area contributed by atoms with E-state index in [9.17, 15) is 4.79 Å². The zero-order chi connectivity index (χ0) is 19.2. The molecule has 0 aliphatic rings. The fourth-order valence-corrected chi connectivity index (χ4v) is 3.28. The molecule has 0 radical (unpaired) electrons. The summed E-state index contributed by atoms with van der Waals surface area (Å²) in [6, 6.07) is 16.7. The van der Waals surface area contributed by atoms with E-state index < -0.39 is 0 Å². The summed E-state index contributed by atoms with van der Waals surface area (Å²) in [5, 5.41) is 3.85. The number of anilines is 1. The monoisotopic (exact) mass is 399 g/mol. The van der Waals surface area contributed by atoms with E-state index in [0.717, 1.165) is 22.7 Å². The number of benzene rings is 2. The number of carbonyl (C=O) groups is 1. The Bertz CT molecular complexity index is 948. The highest BCUT2D eigenvalue weighted by Crippen LogP contribution is 2.25. The summed E-state index contributed by atoms with van der Waals surface area (Å²) in [6.45, 7) is 1.91. The molecular weight excluding hydrogens is 382 g/mol. The highest BCUT2D eigenvalue weighted by atomic mass is 35.5. The minimum Gasteiger partial charge on any atom is -0.497 e. The molecule has 0 atom stereocenters. The zero-order valence-corrected chi connectivity index (χ0v) is 16.5. The average molecular weight is 400 g/mol. The number of nitrogens with one attached hydrogen (secondary N) is 1. The van der Waals surface area contributed by atoms with E-state index in [4.69, 9.17) is 16.3 Å². The maximum absolute atomic E-state index is 12.2. The first-order valence-corrected chi connectivity index (χ1v) is 9.59. The van der Waals surface area contributed by atoms with Crippen molar-refractivity contribution in [3.8, 4) is 17.0 Å². The van der Waals surface area contributed by atoms with Crippen molar-refractivity contribution in [3.05, 3.63) is 65.3 Å². The second kappa shape index (κ2) is 8.88. The van der Waals surface area contributed by atoms with E-state index >= 15 is 0 Å². The van der Waals surface area contributed by atoms with Crippen LogP contribution in [0.5, 0.6) is 5.75 Å². The Balaban J connectivity index is 1.69. The maximum Gasteiger partial charge on any atom is 0.234 e. The van der Waals surface area contributed by atoms with Crippen molar-refractivity contribution in [1.29, 1.82) is 0 Å². The second-order valence-electron chi connectivity index (χ2n) is 5.72. The molecule has 1 N–H and O–H groups in total. The summed E-state index contributed by atoms with van der Waals surface area (Å²) in [6.07, 6.45) is 0. The van der Waals surface area contributed by atoms with Crippen LogP contribution in [0.3, 0.4) is 0 Å². The molecule has 7 heteroatoms. The molecule has 0 bridgehead atoms. The number of carbonyl (C=O) groups excluding carboxylic acids is 1. The number of methoxy groups -OCH3 is 1. The third kappa shape index (κ3) is 5.21. The molecule has 1 aromatic heterocycles. The van der Waals surface area contributed by atoms with Gasteiger partial charge in [0.05, 0.1) is 29.3 Å². The fraction of sp³-hybridized carbons (Fsp3) is 0.150. The van der Waals surface area contributed by atoms with Crippen molar-refractivity contribution in [2.45, 2.75) is 12.1 Å². The molecule has 0 aliphatic carbocycles. The second-order valence-corrected chi connectivity index (χ2v) is 7.07. The van der Waals surface area contributed by atoms with Gasteiger partial charge in [0.1, 0.15) is 5.75 Å². The molecule has 27 heavy (non-hydrogen) atoms. The molecule has 0 aliphatic heterocycles. The van der Waals surface area contributed by atoms with Crippen LogP contribution in [-0.4, -0.2) is 28.7 Å². The molecule has 1 amide bonds. The van der Waals surface area contributed by atoms with Crippen LogP contribution < -0.4 is 10.1 Å². The number of thioether (sulfide) groups is 1. The van der Waals surface area contributed by atoms with Crippen molar-refractivity contribution in [2.75, 3.05) is 18.2 Å². The highest BCUT2D eigenvalue weighted by Gasteiger charge is 2.10. The molecule has 5 nitrogen and oxygen atoms in total. The van der Waals surface area contributed by atoms with Gasteiger partial charge >= 0.3 is 0 Å². The lowest BCUT2D eigenvalue weighted by Crippen LogP contribution is -2.14. The van der Waals surface area contributed by atoms with E-state index in [-0.39, 0.29) is 11.7 Å². The molecule has 2 aromatic carbocycles. The number of amides is 1. The lowest BCUT2D eigenvalue weighted by molar-refractivity contribution is -0.113. The number of hydrogen-bond acceptors (Lipinski definition) is 5. The fourth-order valence-electron chi connectivity index (χ4n) is 2.39. The number of aryl methyl sites for hydroxylation is 1. The molecule has 138 valence electrons. The first-order chi connectivity index (χ1) is 13.0. The lowest BCUT2D eigenvalue weighted by atomic mass is 10.1. The van der Waals surface area contributed by atoms with E-state index in [1.165, 1.54) is 11.8 Å². The van der Waals surface area contributed by atoms with Crippen LogP contribution in [0.1, 0.15) is 5.69 Å². The van der Waals surface area contributed by atoms with Gasteiger partial charge in [0.15, 0.2) is 5.16 Å². The number of para-hydroxylation sites is 1. The van der Waals surface area contributed by atoms with Crippen LogP contribution in [0.2, 0.25) is 5.02 Å². The smallest absolute Gasteiger partial charge is 0.234 e. The van der Waals surface area contributed by atoms with Crippen LogP contribution >= 0.6 is 23.4 Å². The number of halogens is 1. The largest absolute Gasteiger partial charge is 0.497 e. The summed E-state index contributed by atoms with van der Waals surface area (Å²) < 4.78 is 5.18. The quantitative estimate of drug-likeness (QED) is 0.474. The summed E-state index contributed by atoms with van der Waals surface area (Å²) in [5.41, 5.74) is 3.20. The minimum atomic E-state index is -0.163. The molecule has 3 aromatic rings. The Morgan fingerprint density at radius 1 is 1.15 bits per heavy atom. The van der Waals surface area contributed by atoms with Gasteiger partial charge in [-0.3, -0.25) is 4.79 Å². The standard InChI is InChI=1S/C20H18ClN3O2S/c1-13-11-18(14-7-9-15(26-2)10-8-14)24-20(22-13)27-12-19(25)23-17-6-4-3-5-16(17)21/h3-11H,12H2,1-2H3,(H,23,25). The average Bonchev–Trinajstić information content (AvgIpc) is 2.68. The van der Waals surface area contributed by atoms with Gasteiger partial charge < -0.3 is 10.1 Å². The SMILES string of the molecule is COc1ccc(-c2cc(C)nc(SCC(=O)Nc3ccccc3Cl)n2)cc1. The molecule has 0 saturated carbocycles. The summed E-state index contributed by atoms with van der Waals surface area (Å²) in [5.74, 6) is 0.816. The molecule has 0 fully saturated rings. The Hall–Kier alpha value is -2.57. The zero-order valence-electron chi connectivity index (χ0n) is 14.9. The molecule has 1 heterocycles. The van der Waals surface area contributed by atoms with Gasteiger partial charge in [-0.1, -0.05) is 35.5 Å². The number of nitrogens with zero attached hydrogens (tertiary/aromatic N) is 2. The van der Waals surface area contributed by atoms with Crippen molar-refractivity contribution in [3.63, 3.8) is 0 Å². The van der Waals surface area contributed by atoms with Crippen LogP contribution in [0.25, 0.3) is 11.3 Å². The summed E-state index contributed by atoms with van der Waals surface area (Å²) in [4.78, 5) is 21.2. The van der Waals surface area contributed by atoms with E-state index in [0.29, 0.717) is 15.9 Å². The summed E-state index contributed by atoms with van der Waals surface area (Å²) in [7, 11) is 1.63. The lowest BCUT2D eigenvalue weighted by Gasteiger charge is -2.08. The summed E-state index contributed by atoms with van der Waals surface area (Å²) >= 11 is 7.34. The molecule has 0 saturated heterocycles. The van der Waals surface area contributed by atoms with Gasteiger partial charge in [-0.2, -0.15) is 0 Å². The van der Waals surface area contributed by atoms with Crippen molar-refractivity contribution in [2.24, 2.45) is 0 Å². The number of hydrogen-bond donors (Lipinski definition) is 1. The molecule has 3 rings (SSSR count). The van der Waals surface area contributed by atoms with Gasteiger partial charge in [0, 0.05) is 11.3 Å². The van der Waals surface area contributed by atoms with E-state index in [1.807, 2.05) is 49.4 Å². The Morgan fingerprint density at radius 2 is 1.89 bits per heavy atom. The third-order valence-corrected chi connectivity index (χ3v) is 4.88. The Morgan fingerprint density at radius 3 is 2.59 bits per heavy atom. The number of aromatic nitrogens is 2. The van der Waals surface area contributed by atoms with Gasteiger partial charge in [-0.25, -0.2) is 9.97 Å². The number of rotatable bonds is 6. The normalized spacial score (nSPS) is 10.5. The topological polar surface area (TPSA) is 64.1 Å². The molecule has 0 unspecified atom stereocenters. The van der Waals surface area contributed by atoms with Crippen molar-refractivity contribution in [1.82, 2.24) is 9.97 Å². The van der Waals surface area contributed by atoms with Gasteiger partial charge in [0.2, 0.25) is 5.91 Å².